The number of aliphatic imine (C=N–C) groups is 2. The Morgan fingerprint density at radius 3 is 2.31 bits per heavy atom. The van der Waals surface area contributed by atoms with Gasteiger partial charge in [-0.15, -0.1) is 13.2 Å². The smallest absolute Gasteiger partial charge is 0.406 e. The summed E-state index contributed by atoms with van der Waals surface area (Å²) in [5, 5.41) is 10.0. The molecule has 2 rings (SSSR count). The highest BCUT2D eigenvalue weighted by Crippen LogP contribution is 2.45. The largest absolute Gasteiger partial charge is 0.573 e. The van der Waals surface area contributed by atoms with Gasteiger partial charge in [0.25, 0.3) is 0 Å². The van der Waals surface area contributed by atoms with E-state index in [0.717, 1.165) is 3.57 Å². The molecule has 0 bridgehead atoms. The molecule has 1 unspecified atom stereocenters. The van der Waals surface area contributed by atoms with Gasteiger partial charge < -0.3 is 9.84 Å². The molecule has 0 aliphatic heterocycles. The minimum atomic E-state index is -4.74. The Morgan fingerprint density at radius 1 is 1.23 bits per heavy atom. The second kappa shape index (κ2) is 8.17. The Kier molecular flexibility index (Phi) is 6.40. The first-order chi connectivity index (χ1) is 12.2. The van der Waals surface area contributed by atoms with Gasteiger partial charge in [0.15, 0.2) is 0 Å². The van der Waals surface area contributed by atoms with E-state index in [2.05, 4.69) is 44.0 Å². The van der Waals surface area contributed by atoms with Crippen molar-refractivity contribution in [3.8, 4) is 16.9 Å². The number of hydrogen-bond acceptors (Lipinski definition) is 4. The quantitative estimate of drug-likeness (QED) is 0.428. The van der Waals surface area contributed by atoms with E-state index in [0.29, 0.717) is 28.1 Å². The number of alkyl halides is 3. The summed E-state index contributed by atoms with van der Waals surface area (Å²) in [5.41, 5.74) is 2.83. The summed E-state index contributed by atoms with van der Waals surface area (Å²) in [6.45, 7) is 6.92. The fourth-order valence-corrected chi connectivity index (χ4v) is 3.53. The molecule has 1 atom stereocenters. The Labute approximate surface area is 162 Å². The van der Waals surface area contributed by atoms with Crippen LogP contribution in [0.3, 0.4) is 0 Å². The van der Waals surface area contributed by atoms with Gasteiger partial charge in [-0.1, -0.05) is 12.1 Å². The molecular formula is C18H16F3IN2O2. The van der Waals surface area contributed by atoms with Gasteiger partial charge in [-0.05, 0) is 66.9 Å². The molecule has 4 nitrogen and oxygen atoms in total. The molecule has 0 aromatic heterocycles. The third-order valence-electron chi connectivity index (χ3n) is 3.50. The van der Waals surface area contributed by atoms with Crippen molar-refractivity contribution in [2.75, 3.05) is 0 Å². The highest BCUT2D eigenvalue weighted by atomic mass is 127. The minimum absolute atomic E-state index is 0.306. The number of nitrogens with zero attached hydrogens (tertiary/aromatic N) is 2. The number of aliphatic hydroxyl groups is 1. The maximum absolute atomic E-state index is 12.3. The van der Waals surface area contributed by atoms with E-state index in [1.54, 1.807) is 26.1 Å². The number of hydrogen-bond donors (Lipinski definition) is 1. The van der Waals surface area contributed by atoms with Crippen molar-refractivity contribution in [2.45, 2.75) is 26.3 Å². The van der Waals surface area contributed by atoms with E-state index in [1.807, 2.05) is 0 Å². The standard InChI is InChI=1S/C18H16F3IN2O2/c1-4-24-16-13(9-14(22)15(10(2)25)17(16)23-3)11-5-7-12(8-6-11)26-18(19,20)21/h4-10,25H,3H2,1-2H3. The Morgan fingerprint density at radius 2 is 1.85 bits per heavy atom. The molecule has 0 saturated carbocycles. The van der Waals surface area contributed by atoms with E-state index >= 15 is 0 Å². The van der Waals surface area contributed by atoms with Crippen LogP contribution in [0.1, 0.15) is 25.5 Å². The van der Waals surface area contributed by atoms with Crippen molar-refractivity contribution in [2.24, 2.45) is 9.98 Å². The van der Waals surface area contributed by atoms with Gasteiger partial charge in [0.1, 0.15) is 5.75 Å². The molecule has 0 saturated heterocycles. The van der Waals surface area contributed by atoms with Gasteiger partial charge in [-0.25, -0.2) is 0 Å². The number of aliphatic hydroxyl groups excluding tert-OH is 1. The van der Waals surface area contributed by atoms with Gasteiger partial charge in [-0.3, -0.25) is 9.98 Å². The third-order valence-corrected chi connectivity index (χ3v) is 4.39. The summed E-state index contributed by atoms with van der Waals surface area (Å²) >= 11 is 2.07. The van der Waals surface area contributed by atoms with Gasteiger partial charge in [0.2, 0.25) is 0 Å². The molecule has 0 amide bonds. The van der Waals surface area contributed by atoms with Crippen molar-refractivity contribution in [1.82, 2.24) is 0 Å². The minimum Gasteiger partial charge on any atom is -0.406 e. The van der Waals surface area contributed by atoms with E-state index in [-0.39, 0.29) is 5.75 Å². The number of rotatable bonds is 5. The molecule has 1 N–H and O–H groups in total. The van der Waals surface area contributed by atoms with Gasteiger partial charge >= 0.3 is 6.36 Å². The lowest BCUT2D eigenvalue weighted by atomic mass is 9.97. The van der Waals surface area contributed by atoms with E-state index in [4.69, 9.17) is 0 Å². The van der Waals surface area contributed by atoms with Gasteiger partial charge in [0.05, 0.1) is 17.5 Å². The van der Waals surface area contributed by atoms with Crippen molar-refractivity contribution in [3.05, 3.63) is 39.5 Å². The summed E-state index contributed by atoms with van der Waals surface area (Å²) in [5.74, 6) is -0.306. The SMILES string of the molecule is C=Nc1c(N=CC)c(-c2ccc(OC(F)(F)F)cc2)cc(I)c1C(C)O. The van der Waals surface area contributed by atoms with E-state index < -0.39 is 12.5 Å². The maximum Gasteiger partial charge on any atom is 0.573 e. The van der Waals surface area contributed by atoms with Crippen LogP contribution < -0.4 is 4.74 Å². The molecule has 138 valence electrons. The van der Waals surface area contributed by atoms with E-state index in [1.165, 1.54) is 24.3 Å². The molecule has 0 aliphatic rings. The van der Waals surface area contributed by atoms with Crippen LogP contribution in [0.15, 0.2) is 40.3 Å². The average molecular weight is 476 g/mol. The molecule has 2 aromatic carbocycles. The molecule has 26 heavy (non-hydrogen) atoms. The van der Waals surface area contributed by atoms with Crippen LogP contribution in [0.4, 0.5) is 24.5 Å². The van der Waals surface area contributed by atoms with Crippen LogP contribution in [0.5, 0.6) is 5.75 Å². The molecule has 0 aliphatic carbocycles. The molecule has 0 fully saturated rings. The van der Waals surface area contributed by atoms with Crippen LogP contribution in [0, 0.1) is 3.57 Å². The van der Waals surface area contributed by atoms with Gasteiger partial charge in [0, 0.05) is 20.9 Å². The lowest BCUT2D eigenvalue weighted by Crippen LogP contribution is -2.16. The first-order valence-corrected chi connectivity index (χ1v) is 8.61. The zero-order valence-corrected chi connectivity index (χ0v) is 16.2. The summed E-state index contributed by atoms with van der Waals surface area (Å²) in [7, 11) is 0. The number of halogens is 4. The molecule has 0 radical (unpaired) electrons. The predicted octanol–water partition coefficient (Wildman–Crippen LogP) is 5.96. The van der Waals surface area contributed by atoms with Crippen molar-refractivity contribution >= 4 is 46.9 Å². The summed E-state index contributed by atoms with van der Waals surface area (Å²) in [4.78, 5) is 8.36. The fraction of sp³-hybridized carbons (Fsp3) is 0.222. The third kappa shape index (κ3) is 4.61. The van der Waals surface area contributed by atoms with E-state index in [9.17, 15) is 18.3 Å². The molecule has 8 heteroatoms. The first-order valence-electron chi connectivity index (χ1n) is 7.54. The summed E-state index contributed by atoms with van der Waals surface area (Å²) in [6, 6.07) is 7.29. The highest BCUT2D eigenvalue weighted by molar-refractivity contribution is 14.1. The van der Waals surface area contributed by atoms with Gasteiger partial charge in [-0.2, -0.15) is 0 Å². The molecule has 0 spiro atoms. The maximum atomic E-state index is 12.3. The van der Waals surface area contributed by atoms with Crippen molar-refractivity contribution in [3.63, 3.8) is 0 Å². The number of ether oxygens (including phenoxy) is 1. The summed E-state index contributed by atoms with van der Waals surface area (Å²) in [6.07, 6.45) is -3.94. The second-order valence-electron chi connectivity index (χ2n) is 5.31. The molecule has 2 aromatic rings. The number of benzene rings is 2. The lowest BCUT2D eigenvalue weighted by molar-refractivity contribution is -0.274. The zero-order chi connectivity index (χ0) is 19.5. The van der Waals surface area contributed by atoms with Crippen LogP contribution >= 0.6 is 22.6 Å². The molecule has 0 heterocycles. The van der Waals surface area contributed by atoms with Crippen molar-refractivity contribution < 1.29 is 23.0 Å². The Balaban J connectivity index is 2.62. The summed E-state index contributed by atoms with van der Waals surface area (Å²) < 4.78 is 41.6. The first kappa shape index (κ1) is 20.4. The lowest BCUT2D eigenvalue weighted by Gasteiger charge is -2.17. The monoisotopic (exact) mass is 476 g/mol. The Bertz CT molecular complexity index is 832. The van der Waals surface area contributed by atoms with Crippen LogP contribution in [-0.4, -0.2) is 24.4 Å². The van der Waals surface area contributed by atoms with Crippen LogP contribution in [0.25, 0.3) is 11.1 Å². The zero-order valence-electron chi connectivity index (χ0n) is 14.0. The van der Waals surface area contributed by atoms with Crippen LogP contribution in [-0.2, 0) is 0 Å². The topological polar surface area (TPSA) is 54.2 Å². The molecular weight excluding hydrogens is 460 g/mol. The average Bonchev–Trinajstić information content (AvgIpc) is 2.54. The fourth-order valence-electron chi connectivity index (χ4n) is 2.51. The normalized spacial score (nSPS) is 13.0. The Hall–Kier alpha value is -1.94. The van der Waals surface area contributed by atoms with Crippen LogP contribution in [0.2, 0.25) is 0 Å². The predicted molar refractivity (Wildman–Crippen MR) is 105 cm³/mol. The van der Waals surface area contributed by atoms with Crippen molar-refractivity contribution in [1.29, 1.82) is 0 Å². The second-order valence-corrected chi connectivity index (χ2v) is 6.47. The highest BCUT2D eigenvalue weighted by Gasteiger charge is 2.31.